The van der Waals surface area contributed by atoms with Crippen LogP contribution in [-0.4, -0.2) is 96.8 Å². The molecule has 14 heteroatoms. The van der Waals surface area contributed by atoms with E-state index in [2.05, 4.69) is 26.0 Å². The van der Waals surface area contributed by atoms with Crippen LogP contribution in [0.2, 0.25) is 0 Å². The molecule has 53 heavy (non-hydrogen) atoms. The van der Waals surface area contributed by atoms with Crippen LogP contribution in [0.15, 0.2) is 12.2 Å². The van der Waals surface area contributed by atoms with Crippen molar-refractivity contribution in [1.29, 1.82) is 0 Å². The molecule has 0 unspecified atom stereocenters. The molecular weight excluding hydrogens is 682 g/mol. The van der Waals surface area contributed by atoms with Gasteiger partial charge in [0.15, 0.2) is 11.6 Å². The van der Waals surface area contributed by atoms with Gasteiger partial charge in [0.05, 0.1) is 19.7 Å². The molecule has 2 aliphatic carbocycles. The van der Waals surface area contributed by atoms with E-state index in [4.69, 9.17) is 0 Å². The van der Waals surface area contributed by atoms with Crippen molar-refractivity contribution in [2.45, 2.75) is 142 Å². The predicted octanol–water partition coefficient (Wildman–Crippen LogP) is 2.67. The Bertz CT molecular complexity index is 1380. The molecular formula is C39H61N5O9. The van der Waals surface area contributed by atoms with Crippen molar-refractivity contribution in [2.75, 3.05) is 20.7 Å². The van der Waals surface area contributed by atoms with E-state index < -0.39 is 65.1 Å². The molecule has 1 saturated heterocycles. The maximum atomic E-state index is 14.3. The fourth-order valence-corrected chi connectivity index (χ4v) is 7.96. The summed E-state index contributed by atoms with van der Waals surface area (Å²) in [5.74, 6) is -4.19. The van der Waals surface area contributed by atoms with E-state index in [9.17, 15) is 38.4 Å². The van der Waals surface area contributed by atoms with Crippen LogP contribution in [0.25, 0.3) is 0 Å². The van der Waals surface area contributed by atoms with Crippen LogP contribution in [0.3, 0.4) is 0 Å². The first-order chi connectivity index (χ1) is 25.1. The van der Waals surface area contributed by atoms with Gasteiger partial charge >= 0.3 is 5.97 Å². The maximum Gasteiger partial charge on any atom is 0.330 e. The summed E-state index contributed by atoms with van der Waals surface area (Å²) in [6, 6.07) is -4.28. The second kappa shape index (κ2) is 20.4. The van der Waals surface area contributed by atoms with Gasteiger partial charge in [-0.2, -0.15) is 0 Å². The summed E-state index contributed by atoms with van der Waals surface area (Å²) in [4.78, 5) is 107. The Hall–Kier alpha value is -4.10. The van der Waals surface area contributed by atoms with Gasteiger partial charge in [-0.1, -0.05) is 65.4 Å². The number of allylic oxidation sites excluding steroid dienone is 1. The van der Waals surface area contributed by atoms with Crippen LogP contribution < -0.4 is 21.3 Å². The second-order valence-electron chi connectivity index (χ2n) is 16.0. The molecule has 3 fully saturated rings. The topological polar surface area (TPSA) is 197 Å². The van der Waals surface area contributed by atoms with Gasteiger partial charge in [-0.05, 0) is 55.8 Å². The Labute approximate surface area is 313 Å². The lowest BCUT2D eigenvalue weighted by atomic mass is 9.75. The molecule has 0 aromatic carbocycles. The Morgan fingerprint density at radius 1 is 0.868 bits per heavy atom. The number of hydrogen-bond acceptors (Lipinski definition) is 9. The molecule has 3 rings (SSSR count). The van der Waals surface area contributed by atoms with Crippen molar-refractivity contribution in [3.8, 4) is 0 Å². The first-order valence-electron chi connectivity index (χ1n) is 19.3. The summed E-state index contributed by atoms with van der Waals surface area (Å²) >= 11 is 0. The van der Waals surface area contributed by atoms with Gasteiger partial charge in [0.2, 0.25) is 29.5 Å². The lowest BCUT2D eigenvalue weighted by Crippen LogP contribution is -2.61. The Morgan fingerprint density at radius 3 is 2.02 bits per heavy atom. The monoisotopic (exact) mass is 743 g/mol. The summed E-state index contributed by atoms with van der Waals surface area (Å²) in [5.41, 5.74) is -0.875. The SMILES string of the molecule is CNC(=O)[C@@H](CC(=O)[C@@H](NC(=O)[C@@H]1CC(=O)CN1C(=O)[C@@H](NC(=O)[C@H](CC/C=C/C(=O)OC)NC(C)=O)C(C)(C)C)C1CCCCC1)C1CCCCC1. The molecule has 3 aliphatic rings. The smallest absolute Gasteiger partial charge is 0.330 e. The Balaban J connectivity index is 1.83. The fraction of sp³-hybridized carbons (Fsp3) is 0.744. The number of likely N-dealkylation sites (tertiary alicyclic amines) is 1. The number of methoxy groups -OCH3 is 1. The number of amides is 5. The zero-order valence-electron chi connectivity index (χ0n) is 32.4. The molecule has 5 amide bonds. The molecule has 1 heterocycles. The maximum absolute atomic E-state index is 14.3. The summed E-state index contributed by atoms with van der Waals surface area (Å²) in [7, 11) is 2.81. The van der Waals surface area contributed by atoms with E-state index in [1.54, 1.807) is 27.8 Å². The molecule has 0 aromatic heterocycles. The minimum atomic E-state index is -1.20. The average Bonchev–Trinajstić information content (AvgIpc) is 3.53. The first-order valence-corrected chi connectivity index (χ1v) is 19.3. The molecule has 1 aliphatic heterocycles. The van der Waals surface area contributed by atoms with Crippen molar-refractivity contribution >= 4 is 47.1 Å². The highest BCUT2D eigenvalue weighted by Crippen LogP contribution is 2.34. The zero-order chi connectivity index (χ0) is 39.3. The fourth-order valence-electron chi connectivity index (χ4n) is 7.96. The number of nitrogens with zero attached hydrogens (tertiary/aromatic N) is 1. The normalized spacial score (nSPS) is 20.9. The second-order valence-corrected chi connectivity index (χ2v) is 16.0. The molecule has 4 N–H and O–H groups in total. The number of hydrogen-bond donors (Lipinski definition) is 4. The molecule has 2 saturated carbocycles. The third-order valence-corrected chi connectivity index (χ3v) is 10.9. The summed E-state index contributed by atoms with van der Waals surface area (Å²) < 4.78 is 4.58. The predicted molar refractivity (Wildman–Crippen MR) is 197 cm³/mol. The minimum absolute atomic E-state index is 0.00407. The number of Topliss-reactive ketones (excluding diaryl/α,β-unsaturated/α-hetero) is 2. The van der Waals surface area contributed by atoms with Gasteiger partial charge < -0.3 is 30.9 Å². The highest BCUT2D eigenvalue weighted by molar-refractivity contribution is 6.02. The molecule has 0 bridgehead atoms. The first kappa shape index (κ1) is 43.3. The van der Waals surface area contributed by atoms with E-state index in [-0.39, 0.29) is 61.5 Å². The largest absolute Gasteiger partial charge is 0.466 e. The van der Waals surface area contributed by atoms with E-state index >= 15 is 0 Å². The highest BCUT2D eigenvalue weighted by Gasteiger charge is 2.46. The van der Waals surface area contributed by atoms with E-state index in [1.807, 2.05) is 0 Å². The third-order valence-electron chi connectivity index (χ3n) is 10.9. The van der Waals surface area contributed by atoms with Gasteiger partial charge in [0.1, 0.15) is 18.1 Å². The molecule has 0 radical (unpaired) electrons. The molecule has 14 nitrogen and oxygen atoms in total. The van der Waals surface area contributed by atoms with Crippen molar-refractivity contribution < 1.29 is 43.1 Å². The standard InChI is InChI=1S/C39H61N5O9/c1-24(45)41-29(19-13-14-20-32(48)53-6)36(50)43-34(39(2,3)4)38(52)44-23-27(46)21-30(44)37(51)42-33(26-17-11-8-12-18-26)31(47)22-28(35(49)40-5)25-15-9-7-10-16-25/h14,20,25-26,28-30,33-34H,7-13,15-19,21-23H2,1-6H3,(H,40,49)(H,41,45)(H,42,51)(H,43,50)/b20-14+/t28-,29-,30-,33-,34+/m0/s1. The number of ether oxygens (including phenoxy) is 1. The number of nitrogens with one attached hydrogen (secondary N) is 4. The zero-order valence-corrected chi connectivity index (χ0v) is 32.4. The third kappa shape index (κ3) is 12.8. The molecule has 0 aromatic rings. The van der Waals surface area contributed by atoms with E-state index in [0.29, 0.717) is 0 Å². The highest BCUT2D eigenvalue weighted by atomic mass is 16.5. The number of rotatable bonds is 16. The van der Waals surface area contributed by atoms with Gasteiger partial charge in [-0.25, -0.2) is 4.79 Å². The molecule has 5 atom stereocenters. The van der Waals surface area contributed by atoms with E-state index in [0.717, 1.165) is 64.2 Å². The van der Waals surface area contributed by atoms with Crippen molar-refractivity contribution in [3.63, 3.8) is 0 Å². The van der Waals surface area contributed by atoms with Crippen molar-refractivity contribution in [3.05, 3.63) is 12.2 Å². The van der Waals surface area contributed by atoms with Crippen LogP contribution in [0, 0.1) is 23.2 Å². The summed E-state index contributed by atoms with van der Waals surface area (Å²) in [6.45, 7) is 6.14. The van der Waals surface area contributed by atoms with Crippen LogP contribution in [0.5, 0.6) is 0 Å². The van der Waals surface area contributed by atoms with Crippen LogP contribution in [0.4, 0.5) is 0 Å². The van der Waals surface area contributed by atoms with Gasteiger partial charge in [-0.3, -0.25) is 33.6 Å². The minimum Gasteiger partial charge on any atom is -0.466 e. The Morgan fingerprint density at radius 2 is 1.47 bits per heavy atom. The number of carbonyl (C=O) groups is 8. The average molecular weight is 744 g/mol. The summed E-state index contributed by atoms with van der Waals surface area (Å²) in [6.07, 6.45) is 12.0. The van der Waals surface area contributed by atoms with Gasteiger partial charge in [0, 0.05) is 38.8 Å². The Kier molecular flexibility index (Phi) is 16.7. The van der Waals surface area contributed by atoms with Crippen LogP contribution in [-0.2, 0) is 43.1 Å². The lowest BCUT2D eigenvalue weighted by molar-refractivity contribution is -0.145. The lowest BCUT2D eigenvalue weighted by Gasteiger charge is -2.37. The number of carbonyl (C=O) groups excluding carboxylic acids is 8. The quantitative estimate of drug-likeness (QED) is 0.136. The van der Waals surface area contributed by atoms with Crippen molar-refractivity contribution in [1.82, 2.24) is 26.2 Å². The number of ketones is 2. The van der Waals surface area contributed by atoms with Gasteiger partial charge in [0.25, 0.3) is 0 Å². The van der Waals surface area contributed by atoms with Crippen LogP contribution >= 0.6 is 0 Å². The number of esters is 1. The van der Waals surface area contributed by atoms with Gasteiger partial charge in [-0.15, -0.1) is 0 Å². The van der Waals surface area contributed by atoms with E-state index in [1.165, 1.54) is 31.1 Å². The van der Waals surface area contributed by atoms with Crippen molar-refractivity contribution in [2.24, 2.45) is 23.2 Å². The summed E-state index contributed by atoms with van der Waals surface area (Å²) in [5, 5.41) is 11.0. The van der Waals surface area contributed by atoms with Crippen LogP contribution in [0.1, 0.15) is 118 Å². The molecule has 0 spiro atoms. The molecule has 296 valence electrons.